The Bertz CT molecular complexity index is 720. The van der Waals surface area contributed by atoms with Gasteiger partial charge in [-0.25, -0.2) is 9.98 Å². The SMILES string of the molecule is CCNC(=NCc1cccnc1OCC(F)(F)F)N(C)CCc1cccs1. The van der Waals surface area contributed by atoms with Crippen molar-refractivity contribution in [1.82, 2.24) is 15.2 Å². The van der Waals surface area contributed by atoms with Crippen molar-refractivity contribution in [2.24, 2.45) is 4.99 Å². The quantitative estimate of drug-likeness (QED) is 0.542. The molecule has 5 nitrogen and oxygen atoms in total. The van der Waals surface area contributed by atoms with Crippen LogP contribution in [0.4, 0.5) is 13.2 Å². The Morgan fingerprint density at radius 2 is 2.15 bits per heavy atom. The second kappa shape index (κ2) is 10.1. The highest BCUT2D eigenvalue weighted by molar-refractivity contribution is 7.09. The minimum Gasteiger partial charge on any atom is -0.468 e. The summed E-state index contributed by atoms with van der Waals surface area (Å²) in [5, 5.41) is 5.24. The number of nitrogens with one attached hydrogen (secondary N) is 1. The number of aliphatic imine (C=N–C) groups is 1. The molecule has 0 aliphatic heterocycles. The van der Waals surface area contributed by atoms with Gasteiger partial charge < -0.3 is 15.0 Å². The summed E-state index contributed by atoms with van der Waals surface area (Å²) >= 11 is 1.71. The molecule has 148 valence electrons. The molecule has 2 heterocycles. The molecule has 0 spiro atoms. The first-order valence-electron chi connectivity index (χ1n) is 8.54. The summed E-state index contributed by atoms with van der Waals surface area (Å²) in [6, 6.07) is 7.42. The number of aromatic nitrogens is 1. The fourth-order valence-electron chi connectivity index (χ4n) is 2.29. The van der Waals surface area contributed by atoms with Crippen molar-refractivity contribution in [3.63, 3.8) is 0 Å². The molecule has 0 radical (unpaired) electrons. The van der Waals surface area contributed by atoms with Crippen molar-refractivity contribution in [3.05, 3.63) is 46.3 Å². The molecular weight excluding hydrogens is 377 g/mol. The van der Waals surface area contributed by atoms with Crippen LogP contribution in [0.5, 0.6) is 5.88 Å². The number of alkyl halides is 3. The van der Waals surface area contributed by atoms with Gasteiger partial charge in [-0.05, 0) is 30.9 Å². The maximum Gasteiger partial charge on any atom is 0.422 e. The number of nitrogens with zero attached hydrogens (tertiary/aromatic N) is 3. The monoisotopic (exact) mass is 400 g/mol. The number of guanidine groups is 1. The van der Waals surface area contributed by atoms with Crippen LogP contribution in [-0.4, -0.2) is 48.8 Å². The Balaban J connectivity index is 2.03. The summed E-state index contributed by atoms with van der Waals surface area (Å²) in [6.07, 6.45) is -2.11. The van der Waals surface area contributed by atoms with Crippen LogP contribution in [0, 0.1) is 0 Å². The standard InChI is InChI=1S/C18H23F3N4OS/c1-3-22-17(25(2)10-8-15-7-5-11-27-15)24-12-14-6-4-9-23-16(14)26-13-18(19,20)21/h4-7,9,11H,3,8,10,12-13H2,1-2H3,(H,22,24). The maximum absolute atomic E-state index is 12.4. The van der Waals surface area contributed by atoms with Crippen LogP contribution in [0.3, 0.4) is 0 Å². The van der Waals surface area contributed by atoms with Gasteiger partial charge in [0.05, 0.1) is 6.54 Å². The Kier molecular flexibility index (Phi) is 7.90. The minimum absolute atomic E-state index is 0.0457. The molecule has 0 bridgehead atoms. The third-order valence-corrected chi connectivity index (χ3v) is 4.53. The third-order valence-electron chi connectivity index (χ3n) is 3.59. The molecule has 0 amide bonds. The number of pyridine rings is 1. The number of halogens is 3. The van der Waals surface area contributed by atoms with Crippen molar-refractivity contribution in [3.8, 4) is 5.88 Å². The topological polar surface area (TPSA) is 49.8 Å². The molecule has 0 aromatic carbocycles. The van der Waals surface area contributed by atoms with Crippen LogP contribution in [0.25, 0.3) is 0 Å². The molecule has 0 aliphatic carbocycles. The first kappa shape index (κ1) is 21.0. The van der Waals surface area contributed by atoms with Crippen LogP contribution in [0.15, 0.2) is 40.8 Å². The van der Waals surface area contributed by atoms with E-state index in [1.54, 1.807) is 23.5 Å². The molecular formula is C18H23F3N4OS. The van der Waals surface area contributed by atoms with Crippen molar-refractivity contribution in [1.29, 1.82) is 0 Å². The van der Waals surface area contributed by atoms with Crippen LogP contribution in [0.1, 0.15) is 17.4 Å². The average Bonchev–Trinajstić information content (AvgIpc) is 3.15. The summed E-state index contributed by atoms with van der Waals surface area (Å²) in [6.45, 7) is 2.22. The van der Waals surface area contributed by atoms with Crippen molar-refractivity contribution >= 4 is 17.3 Å². The summed E-state index contributed by atoms with van der Waals surface area (Å²) in [4.78, 5) is 11.7. The minimum atomic E-state index is -4.41. The van der Waals surface area contributed by atoms with E-state index < -0.39 is 12.8 Å². The van der Waals surface area contributed by atoms with E-state index in [1.807, 2.05) is 30.3 Å². The van der Waals surface area contributed by atoms with Gasteiger partial charge in [0.1, 0.15) is 0 Å². The van der Waals surface area contributed by atoms with E-state index in [-0.39, 0.29) is 12.4 Å². The highest BCUT2D eigenvalue weighted by Gasteiger charge is 2.29. The number of hydrogen-bond acceptors (Lipinski definition) is 4. The van der Waals surface area contributed by atoms with Crippen molar-refractivity contribution < 1.29 is 17.9 Å². The Labute approximate surface area is 160 Å². The van der Waals surface area contributed by atoms with E-state index in [0.29, 0.717) is 18.1 Å². The Morgan fingerprint density at radius 1 is 1.33 bits per heavy atom. The second-order valence-electron chi connectivity index (χ2n) is 5.79. The smallest absolute Gasteiger partial charge is 0.422 e. The van der Waals surface area contributed by atoms with E-state index in [2.05, 4.69) is 21.4 Å². The largest absolute Gasteiger partial charge is 0.468 e. The molecule has 0 aliphatic rings. The second-order valence-corrected chi connectivity index (χ2v) is 6.82. The van der Waals surface area contributed by atoms with E-state index in [9.17, 15) is 13.2 Å². The predicted octanol–water partition coefficient (Wildman–Crippen LogP) is 3.72. The molecule has 1 N–H and O–H groups in total. The first-order chi connectivity index (χ1) is 12.9. The zero-order valence-corrected chi connectivity index (χ0v) is 16.1. The molecule has 0 fully saturated rings. The molecule has 0 atom stereocenters. The van der Waals surface area contributed by atoms with Crippen molar-refractivity contribution in [2.75, 3.05) is 26.7 Å². The number of ether oxygens (including phenoxy) is 1. The predicted molar refractivity (Wildman–Crippen MR) is 101 cm³/mol. The molecule has 0 saturated carbocycles. The van der Waals surface area contributed by atoms with Gasteiger partial charge in [0.15, 0.2) is 12.6 Å². The Hall–Kier alpha value is -2.29. The van der Waals surface area contributed by atoms with Crippen LogP contribution in [-0.2, 0) is 13.0 Å². The van der Waals surface area contributed by atoms with Gasteiger partial charge in [-0.2, -0.15) is 13.2 Å². The molecule has 0 saturated heterocycles. The van der Waals surface area contributed by atoms with Gasteiger partial charge in [0, 0.05) is 36.8 Å². The number of rotatable bonds is 8. The van der Waals surface area contributed by atoms with Crippen molar-refractivity contribution in [2.45, 2.75) is 26.1 Å². The maximum atomic E-state index is 12.4. The molecule has 9 heteroatoms. The summed E-state index contributed by atoms with van der Waals surface area (Å²) in [5.74, 6) is 0.635. The normalized spacial score (nSPS) is 12.1. The van der Waals surface area contributed by atoms with Gasteiger partial charge in [-0.15, -0.1) is 11.3 Å². The van der Waals surface area contributed by atoms with Gasteiger partial charge >= 0.3 is 6.18 Å². The number of thiophene rings is 1. The molecule has 27 heavy (non-hydrogen) atoms. The first-order valence-corrected chi connectivity index (χ1v) is 9.42. The van der Waals surface area contributed by atoms with E-state index in [4.69, 9.17) is 4.74 Å². The summed E-state index contributed by atoms with van der Waals surface area (Å²) in [5.41, 5.74) is 0.504. The van der Waals surface area contributed by atoms with Gasteiger partial charge in [0.25, 0.3) is 0 Å². The lowest BCUT2D eigenvalue weighted by molar-refractivity contribution is -0.154. The fraction of sp³-hybridized carbons (Fsp3) is 0.444. The zero-order valence-electron chi connectivity index (χ0n) is 15.3. The highest BCUT2D eigenvalue weighted by Crippen LogP contribution is 2.20. The van der Waals surface area contributed by atoms with Gasteiger partial charge in [-0.1, -0.05) is 12.1 Å². The van der Waals surface area contributed by atoms with Gasteiger partial charge in [-0.3, -0.25) is 0 Å². The summed E-state index contributed by atoms with van der Waals surface area (Å²) < 4.78 is 42.0. The number of likely N-dealkylation sites (N-methyl/N-ethyl adjacent to an activating group) is 1. The van der Waals surface area contributed by atoms with E-state index >= 15 is 0 Å². The van der Waals surface area contributed by atoms with Crippen LogP contribution < -0.4 is 10.1 Å². The third kappa shape index (κ3) is 7.46. The van der Waals surface area contributed by atoms with Crippen LogP contribution >= 0.6 is 11.3 Å². The van der Waals surface area contributed by atoms with Crippen LogP contribution in [0.2, 0.25) is 0 Å². The molecule has 0 unspecified atom stereocenters. The Morgan fingerprint density at radius 3 is 2.81 bits per heavy atom. The molecule has 2 aromatic heterocycles. The van der Waals surface area contributed by atoms with Gasteiger partial charge in [0.2, 0.25) is 5.88 Å². The van der Waals surface area contributed by atoms with E-state index in [0.717, 1.165) is 13.0 Å². The lowest BCUT2D eigenvalue weighted by Gasteiger charge is -2.22. The fourth-order valence-corrected chi connectivity index (χ4v) is 2.99. The lowest BCUT2D eigenvalue weighted by atomic mass is 10.3. The highest BCUT2D eigenvalue weighted by atomic mass is 32.1. The average molecular weight is 400 g/mol. The lowest BCUT2D eigenvalue weighted by Crippen LogP contribution is -2.39. The summed E-state index contributed by atoms with van der Waals surface area (Å²) in [7, 11) is 1.93. The molecule has 2 rings (SSSR count). The van der Waals surface area contributed by atoms with E-state index in [1.165, 1.54) is 11.1 Å². The molecule has 2 aromatic rings. The number of hydrogen-bond donors (Lipinski definition) is 1. The zero-order chi connectivity index (χ0) is 19.7.